The molecule has 0 amide bonds. The molecular weight excluding hydrogens is 282 g/mol. The number of esters is 1. The highest BCUT2D eigenvalue weighted by molar-refractivity contribution is 9.10. The highest BCUT2D eigenvalue weighted by Crippen LogP contribution is 2.26. The fourth-order valence-corrected chi connectivity index (χ4v) is 1.90. The minimum absolute atomic E-state index is 0.244. The smallest absolute Gasteiger partial charge is 0.316 e. The van der Waals surface area contributed by atoms with Gasteiger partial charge in [-0.15, -0.1) is 0 Å². The Morgan fingerprint density at radius 3 is 2.87 bits per heavy atom. The molecule has 0 bridgehead atoms. The summed E-state index contributed by atoms with van der Waals surface area (Å²) in [6.07, 6.45) is 0. The van der Waals surface area contributed by atoms with Gasteiger partial charge in [0.25, 0.3) is 0 Å². The van der Waals surface area contributed by atoms with E-state index in [0.717, 1.165) is 9.50 Å². The lowest BCUT2D eigenvalue weighted by molar-refractivity contribution is -0.137. The number of aromatic nitrogens is 1. The van der Waals surface area contributed by atoms with Crippen LogP contribution in [-0.4, -0.2) is 30.9 Å². The maximum atomic E-state index is 10.9. The van der Waals surface area contributed by atoms with Crippen molar-refractivity contribution >= 4 is 33.7 Å². The average molecular weight is 292 g/mol. The van der Waals surface area contributed by atoms with Crippen molar-refractivity contribution in [3.63, 3.8) is 0 Å². The molecular formula is C9H10BrNO3S. The van der Waals surface area contributed by atoms with Gasteiger partial charge in [-0.2, -0.15) is 0 Å². The third-order valence-electron chi connectivity index (χ3n) is 1.55. The highest BCUT2D eigenvalue weighted by atomic mass is 79.9. The van der Waals surface area contributed by atoms with Crippen LogP contribution < -0.4 is 4.74 Å². The van der Waals surface area contributed by atoms with E-state index in [9.17, 15) is 4.79 Å². The maximum absolute atomic E-state index is 10.9. The number of pyridine rings is 1. The standard InChI is InChI=1S/C9H10BrNO3S/c1-13-8(12)5-15-7-4-3-6(10)9(11-7)14-2/h3-4H,5H2,1-2H3. The fourth-order valence-electron chi connectivity index (χ4n) is 0.822. The van der Waals surface area contributed by atoms with E-state index >= 15 is 0 Å². The molecule has 0 radical (unpaired) electrons. The zero-order chi connectivity index (χ0) is 11.3. The van der Waals surface area contributed by atoms with Crippen LogP contribution in [0, 0.1) is 0 Å². The van der Waals surface area contributed by atoms with Crippen molar-refractivity contribution in [2.75, 3.05) is 20.0 Å². The van der Waals surface area contributed by atoms with Crippen LogP contribution in [0.1, 0.15) is 0 Å². The maximum Gasteiger partial charge on any atom is 0.316 e. The Hall–Kier alpha value is -0.750. The van der Waals surface area contributed by atoms with Gasteiger partial charge in [-0.3, -0.25) is 4.79 Å². The van der Waals surface area contributed by atoms with Crippen LogP contribution in [0.15, 0.2) is 21.6 Å². The second kappa shape index (κ2) is 5.97. The van der Waals surface area contributed by atoms with Gasteiger partial charge in [-0.1, -0.05) is 11.8 Å². The van der Waals surface area contributed by atoms with E-state index in [-0.39, 0.29) is 11.7 Å². The van der Waals surface area contributed by atoms with E-state index in [1.54, 1.807) is 13.2 Å². The van der Waals surface area contributed by atoms with Gasteiger partial charge in [-0.05, 0) is 28.1 Å². The fraction of sp³-hybridized carbons (Fsp3) is 0.333. The molecule has 0 N–H and O–H groups in total. The van der Waals surface area contributed by atoms with Crippen molar-refractivity contribution in [2.24, 2.45) is 0 Å². The lowest BCUT2D eigenvalue weighted by Crippen LogP contribution is -2.03. The molecule has 0 fully saturated rings. The molecule has 1 aromatic rings. The number of hydrogen-bond acceptors (Lipinski definition) is 5. The molecule has 15 heavy (non-hydrogen) atoms. The number of ether oxygens (including phenoxy) is 2. The Kier molecular flexibility index (Phi) is 4.90. The van der Waals surface area contributed by atoms with Crippen molar-refractivity contribution in [2.45, 2.75) is 5.03 Å². The summed E-state index contributed by atoms with van der Waals surface area (Å²) in [5.74, 6) is 0.474. The number of nitrogens with zero attached hydrogens (tertiary/aromatic N) is 1. The van der Waals surface area contributed by atoms with Crippen LogP contribution in [-0.2, 0) is 9.53 Å². The predicted molar refractivity (Wildman–Crippen MR) is 61.2 cm³/mol. The van der Waals surface area contributed by atoms with Crippen LogP contribution in [0.2, 0.25) is 0 Å². The molecule has 0 unspecified atom stereocenters. The Bertz CT molecular complexity index is 359. The second-order valence-electron chi connectivity index (χ2n) is 2.51. The van der Waals surface area contributed by atoms with Crippen molar-refractivity contribution < 1.29 is 14.3 Å². The first-order valence-corrected chi connectivity index (χ1v) is 5.85. The molecule has 0 atom stereocenters. The van der Waals surface area contributed by atoms with Gasteiger partial charge in [0.2, 0.25) is 5.88 Å². The summed E-state index contributed by atoms with van der Waals surface area (Å²) in [6.45, 7) is 0. The molecule has 6 heteroatoms. The molecule has 4 nitrogen and oxygen atoms in total. The molecule has 1 aromatic heterocycles. The van der Waals surface area contributed by atoms with Crippen molar-refractivity contribution in [1.29, 1.82) is 0 Å². The molecule has 0 saturated carbocycles. The topological polar surface area (TPSA) is 48.4 Å². The van der Waals surface area contributed by atoms with Gasteiger partial charge in [-0.25, -0.2) is 4.98 Å². The van der Waals surface area contributed by atoms with Gasteiger partial charge in [0.15, 0.2) is 0 Å². The van der Waals surface area contributed by atoms with E-state index in [1.165, 1.54) is 18.9 Å². The normalized spacial score (nSPS) is 9.80. The SMILES string of the molecule is COC(=O)CSc1ccc(Br)c(OC)n1. The summed E-state index contributed by atoms with van der Waals surface area (Å²) in [6, 6.07) is 3.63. The first kappa shape index (κ1) is 12.3. The number of hydrogen-bond donors (Lipinski definition) is 0. The third-order valence-corrected chi connectivity index (χ3v) is 3.05. The number of carbonyl (C=O) groups excluding carboxylic acids is 1. The summed E-state index contributed by atoms with van der Waals surface area (Å²) >= 11 is 4.60. The monoisotopic (exact) mass is 291 g/mol. The molecule has 0 saturated heterocycles. The van der Waals surface area contributed by atoms with Crippen molar-refractivity contribution in [1.82, 2.24) is 4.98 Å². The molecule has 0 aromatic carbocycles. The van der Waals surface area contributed by atoms with E-state index < -0.39 is 0 Å². The summed E-state index contributed by atoms with van der Waals surface area (Å²) < 4.78 is 10.3. The minimum Gasteiger partial charge on any atom is -0.480 e. The second-order valence-corrected chi connectivity index (χ2v) is 4.36. The summed E-state index contributed by atoms with van der Waals surface area (Å²) in [4.78, 5) is 15.1. The quantitative estimate of drug-likeness (QED) is 0.628. The summed E-state index contributed by atoms with van der Waals surface area (Å²) in [5.41, 5.74) is 0. The lowest BCUT2D eigenvalue weighted by Gasteiger charge is -2.04. The molecule has 0 aliphatic rings. The van der Waals surface area contributed by atoms with Crippen LogP contribution >= 0.6 is 27.7 Å². The van der Waals surface area contributed by atoms with Gasteiger partial charge < -0.3 is 9.47 Å². The number of methoxy groups -OCH3 is 2. The Morgan fingerprint density at radius 1 is 1.53 bits per heavy atom. The molecule has 1 heterocycles. The van der Waals surface area contributed by atoms with Gasteiger partial charge in [0, 0.05) is 0 Å². The first-order chi connectivity index (χ1) is 7.17. The first-order valence-electron chi connectivity index (χ1n) is 4.07. The van der Waals surface area contributed by atoms with Crippen molar-refractivity contribution in [3.8, 4) is 5.88 Å². The zero-order valence-corrected chi connectivity index (χ0v) is 10.7. The predicted octanol–water partition coefficient (Wildman–Crippen LogP) is 2.12. The number of thioether (sulfide) groups is 1. The van der Waals surface area contributed by atoms with E-state index in [2.05, 4.69) is 25.7 Å². The third kappa shape index (κ3) is 3.71. The Morgan fingerprint density at radius 2 is 2.27 bits per heavy atom. The summed E-state index contributed by atoms with van der Waals surface area (Å²) in [5, 5.41) is 0.723. The van der Waals surface area contributed by atoms with Crippen LogP contribution in [0.5, 0.6) is 5.88 Å². The van der Waals surface area contributed by atoms with Crippen LogP contribution in [0.4, 0.5) is 0 Å². The molecule has 0 aliphatic carbocycles. The zero-order valence-electron chi connectivity index (χ0n) is 8.32. The lowest BCUT2D eigenvalue weighted by atomic mass is 10.5. The molecule has 0 spiro atoms. The summed E-state index contributed by atoms with van der Waals surface area (Å²) in [7, 11) is 2.90. The van der Waals surface area contributed by atoms with E-state index in [0.29, 0.717) is 5.88 Å². The molecule has 82 valence electrons. The van der Waals surface area contributed by atoms with Gasteiger partial charge >= 0.3 is 5.97 Å². The number of rotatable bonds is 4. The Balaban J connectivity index is 2.66. The minimum atomic E-state index is -0.274. The molecule has 0 aliphatic heterocycles. The van der Waals surface area contributed by atoms with E-state index in [4.69, 9.17) is 4.74 Å². The van der Waals surface area contributed by atoms with Gasteiger partial charge in [0.1, 0.15) is 5.03 Å². The number of halogens is 1. The molecule has 1 rings (SSSR count). The van der Waals surface area contributed by atoms with Crippen LogP contribution in [0.3, 0.4) is 0 Å². The largest absolute Gasteiger partial charge is 0.480 e. The number of carbonyl (C=O) groups is 1. The van der Waals surface area contributed by atoms with Gasteiger partial charge in [0.05, 0.1) is 24.4 Å². The van der Waals surface area contributed by atoms with Crippen molar-refractivity contribution in [3.05, 3.63) is 16.6 Å². The highest BCUT2D eigenvalue weighted by Gasteiger charge is 2.06. The Labute approximate surface area is 100 Å². The average Bonchev–Trinajstić information content (AvgIpc) is 2.27. The van der Waals surface area contributed by atoms with E-state index in [1.807, 2.05) is 6.07 Å². The van der Waals surface area contributed by atoms with Crippen LogP contribution in [0.25, 0.3) is 0 Å².